The number of pyridine rings is 1. The molecule has 2 aliphatic rings. The van der Waals surface area contributed by atoms with E-state index in [1.54, 1.807) is 0 Å². The van der Waals surface area contributed by atoms with Crippen LogP contribution in [-0.4, -0.2) is 66.5 Å². The normalized spacial score (nSPS) is 20.1. The number of hydrogen-bond donors (Lipinski definition) is 0. The summed E-state index contributed by atoms with van der Waals surface area (Å²) in [4.78, 5) is 23.7. The van der Waals surface area contributed by atoms with Crippen molar-refractivity contribution in [1.82, 2.24) is 14.8 Å². The van der Waals surface area contributed by atoms with Gasteiger partial charge in [-0.25, -0.2) is 0 Å². The Morgan fingerprint density at radius 2 is 1.78 bits per heavy atom. The topological polar surface area (TPSA) is 39.7 Å². The van der Waals surface area contributed by atoms with Crippen LogP contribution in [-0.2, 0) is 17.4 Å². The number of piperidine rings is 1. The number of amides is 1. The smallest absolute Gasteiger partial charge is 0.369 e. The van der Waals surface area contributed by atoms with Gasteiger partial charge >= 0.3 is 6.18 Å². The van der Waals surface area contributed by atoms with Crippen molar-refractivity contribution in [2.24, 2.45) is 11.8 Å². The molecule has 4 rings (SSSR count). The Bertz CT molecular complexity index is 987. The number of carbonyl (C=O) groups excluding carboxylic acids is 1. The molecule has 0 aliphatic carbocycles. The molecule has 198 valence electrons. The Morgan fingerprint density at radius 1 is 1.08 bits per heavy atom. The molecule has 2 saturated heterocycles. The van der Waals surface area contributed by atoms with Crippen molar-refractivity contribution < 1.29 is 18.0 Å². The van der Waals surface area contributed by atoms with Gasteiger partial charge in [0.1, 0.15) is 0 Å². The molecule has 1 aromatic carbocycles. The van der Waals surface area contributed by atoms with Gasteiger partial charge in [-0.3, -0.25) is 14.7 Å². The molecular formula is C28H39F3N4O. The highest BCUT2D eigenvalue weighted by Crippen LogP contribution is 2.30. The van der Waals surface area contributed by atoms with Crippen LogP contribution < -0.4 is 4.90 Å². The van der Waals surface area contributed by atoms with E-state index in [9.17, 15) is 18.0 Å². The lowest BCUT2D eigenvalue weighted by molar-refractivity contribution is -0.138. The quantitative estimate of drug-likeness (QED) is 0.536. The second kappa shape index (κ2) is 12.1. The molecule has 2 aromatic rings. The van der Waals surface area contributed by atoms with Gasteiger partial charge in [0.2, 0.25) is 5.91 Å². The molecule has 5 nitrogen and oxygen atoms in total. The van der Waals surface area contributed by atoms with Crippen LogP contribution in [0.3, 0.4) is 0 Å². The number of aryl methyl sites for hydroxylation is 1. The fourth-order valence-corrected chi connectivity index (χ4v) is 5.24. The van der Waals surface area contributed by atoms with Crippen molar-refractivity contribution in [2.45, 2.75) is 46.7 Å². The predicted octanol–water partition coefficient (Wildman–Crippen LogP) is 5.28. The molecule has 8 heteroatoms. The number of benzene rings is 1. The van der Waals surface area contributed by atoms with E-state index >= 15 is 0 Å². The van der Waals surface area contributed by atoms with E-state index < -0.39 is 11.7 Å². The zero-order chi connectivity index (χ0) is 25.0. The number of likely N-dealkylation sites (tertiary alicyclic amines) is 1. The Kier molecular flexibility index (Phi) is 9.39. The molecule has 36 heavy (non-hydrogen) atoms. The van der Waals surface area contributed by atoms with Gasteiger partial charge in [-0.2, -0.15) is 13.2 Å². The highest BCUT2D eigenvalue weighted by Gasteiger charge is 2.32. The number of anilines is 1. The lowest BCUT2D eigenvalue weighted by Gasteiger charge is -2.38. The van der Waals surface area contributed by atoms with Gasteiger partial charge in [-0.05, 0) is 55.9 Å². The van der Waals surface area contributed by atoms with E-state index in [2.05, 4.69) is 46.0 Å². The molecule has 1 unspecified atom stereocenters. The summed E-state index contributed by atoms with van der Waals surface area (Å²) < 4.78 is 39.1. The van der Waals surface area contributed by atoms with Crippen LogP contribution in [0.25, 0.3) is 0 Å². The molecule has 0 radical (unpaired) electrons. The maximum atomic E-state index is 13.2. The number of aromatic nitrogens is 1. The third kappa shape index (κ3) is 7.21. The first-order valence-electron chi connectivity index (χ1n) is 12.5. The molecule has 0 saturated carbocycles. The minimum atomic E-state index is -4.39. The van der Waals surface area contributed by atoms with Crippen molar-refractivity contribution in [2.75, 3.05) is 50.7 Å². The fourth-order valence-electron chi connectivity index (χ4n) is 5.24. The monoisotopic (exact) mass is 504 g/mol. The van der Waals surface area contributed by atoms with Crippen molar-refractivity contribution in [3.63, 3.8) is 0 Å². The largest absolute Gasteiger partial charge is 0.417 e. The van der Waals surface area contributed by atoms with Gasteiger partial charge in [0.25, 0.3) is 0 Å². The van der Waals surface area contributed by atoms with Crippen LogP contribution in [0, 0.1) is 18.8 Å². The van der Waals surface area contributed by atoms with Crippen molar-refractivity contribution in [3.05, 3.63) is 59.4 Å². The van der Waals surface area contributed by atoms with E-state index in [0.717, 1.165) is 58.3 Å². The zero-order valence-electron chi connectivity index (χ0n) is 20.6. The second-order valence-corrected chi connectivity index (χ2v) is 10.1. The summed E-state index contributed by atoms with van der Waals surface area (Å²) in [6.07, 6.45) is 0.284. The van der Waals surface area contributed by atoms with E-state index in [0.29, 0.717) is 18.5 Å². The number of halogens is 3. The van der Waals surface area contributed by atoms with Crippen molar-refractivity contribution >= 4 is 11.6 Å². The van der Waals surface area contributed by atoms with Crippen LogP contribution in [0.4, 0.5) is 18.9 Å². The zero-order valence-corrected chi connectivity index (χ0v) is 20.6. The van der Waals surface area contributed by atoms with Gasteiger partial charge in [0.05, 0.1) is 5.56 Å². The van der Waals surface area contributed by atoms with Crippen LogP contribution in [0.5, 0.6) is 0 Å². The number of alkyl halides is 3. The third-order valence-electron chi connectivity index (χ3n) is 7.20. The number of nitrogens with zero attached hydrogens (tertiary/aromatic N) is 4. The molecule has 2 aliphatic heterocycles. The highest BCUT2D eigenvalue weighted by molar-refractivity contribution is 5.78. The first-order chi connectivity index (χ1) is 16.7. The summed E-state index contributed by atoms with van der Waals surface area (Å²) in [5.74, 6) is 0.205. The van der Waals surface area contributed by atoms with Gasteiger partial charge in [-0.15, -0.1) is 0 Å². The van der Waals surface area contributed by atoms with Crippen molar-refractivity contribution in [3.8, 4) is 0 Å². The summed E-state index contributed by atoms with van der Waals surface area (Å²) in [6.45, 7) is 9.89. The summed E-state index contributed by atoms with van der Waals surface area (Å²) in [5, 5.41) is 0. The van der Waals surface area contributed by atoms with Crippen LogP contribution in [0.2, 0.25) is 0 Å². The summed E-state index contributed by atoms with van der Waals surface area (Å²) in [6, 6.07) is 9.79. The Hall–Kier alpha value is -2.61. The molecule has 1 aromatic heterocycles. The van der Waals surface area contributed by atoms with Gasteiger partial charge in [0.15, 0.2) is 0 Å². The van der Waals surface area contributed by atoms with Crippen LogP contribution in [0.1, 0.15) is 43.9 Å². The van der Waals surface area contributed by atoms with E-state index in [4.69, 9.17) is 0 Å². The number of hydrogen-bond acceptors (Lipinski definition) is 4. The minimum Gasteiger partial charge on any atom is -0.369 e. The summed E-state index contributed by atoms with van der Waals surface area (Å²) >= 11 is 0. The van der Waals surface area contributed by atoms with Gasteiger partial charge in [-0.1, -0.05) is 32.0 Å². The van der Waals surface area contributed by atoms with E-state index in [1.165, 1.54) is 23.5 Å². The molecule has 0 bridgehead atoms. The molecule has 2 fully saturated rings. The first-order valence-corrected chi connectivity index (χ1v) is 12.5. The number of piperazine rings is 1. The molecule has 2 atom stereocenters. The molecular weight excluding hydrogens is 465 g/mol. The Morgan fingerprint density at radius 3 is 2.44 bits per heavy atom. The van der Waals surface area contributed by atoms with Crippen molar-refractivity contribution in [1.29, 1.82) is 0 Å². The number of rotatable bonds is 6. The maximum absolute atomic E-state index is 13.2. The molecule has 0 spiro atoms. The first kappa shape index (κ1) is 28.0. The maximum Gasteiger partial charge on any atom is 0.417 e. The minimum absolute atomic E-state index is 0. The molecule has 3 heterocycles. The standard InChI is InChI=1S/C27H35F3N4O.CH4/c1-20-5-7-25(8-6-20)33-12-10-32(11-13-33)18-21(2)26(35)34-9-3-4-22(19-34)14-23-15-24(17-31-16-23)27(28,29)30;/h5-8,15-17,21-22H,3-4,9-14,18-19H2,1-2H3;1H4/t21?,22-;/m1./s1. The summed E-state index contributed by atoms with van der Waals surface area (Å²) in [7, 11) is 0. The SMILES string of the molecule is C.Cc1ccc(N2CCN(CC(C)C(=O)N3CCC[C@H](Cc4cncc(C(F)(F)F)c4)C3)CC2)cc1. The number of carbonyl (C=O) groups is 1. The van der Waals surface area contributed by atoms with Crippen LogP contribution in [0.15, 0.2) is 42.7 Å². The van der Waals surface area contributed by atoms with Crippen LogP contribution >= 0.6 is 0 Å². The lowest BCUT2D eigenvalue weighted by Crippen LogP contribution is -2.50. The Balaban J connectivity index is 0.00000361. The van der Waals surface area contributed by atoms with E-state index in [1.807, 2.05) is 11.8 Å². The van der Waals surface area contributed by atoms with Gasteiger partial charge < -0.3 is 9.80 Å². The van der Waals surface area contributed by atoms with E-state index in [-0.39, 0.29) is 25.2 Å². The Labute approximate surface area is 213 Å². The second-order valence-electron chi connectivity index (χ2n) is 10.1. The lowest BCUT2D eigenvalue weighted by atomic mass is 9.91. The average Bonchev–Trinajstić information content (AvgIpc) is 2.84. The molecule has 0 N–H and O–H groups in total. The highest BCUT2D eigenvalue weighted by atomic mass is 19.4. The average molecular weight is 505 g/mol. The third-order valence-corrected chi connectivity index (χ3v) is 7.20. The van der Waals surface area contributed by atoms with Gasteiger partial charge in [0, 0.05) is 69.8 Å². The fraction of sp³-hybridized carbons (Fsp3) is 0.571. The molecule has 1 amide bonds. The summed E-state index contributed by atoms with van der Waals surface area (Å²) in [5.41, 5.74) is 2.37. The predicted molar refractivity (Wildman–Crippen MR) is 138 cm³/mol.